The maximum atomic E-state index is 6.08. The van der Waals surface area contributed by atoms with Crippen LogP contribution < -0.4 is 10.1 Å². The van der Waals surface area contributed by atoms with Gasteiger partial charge in [-0.05, 0) is 67.9 Å². The van der Waals surface area contributed by atoms with Gasteiger partial charge in [0.05, 0.1) is 17.1 Å². The van der Waals surface area contributed by atoms with E-state index in [-0.39, 0.29) is 0 Å². The zero-order chi connectivity index (χ0) is 23.5. The Morgan fingerprint density at radius 3 is 2.06 bits per heavy atom. The molecule has 0 saturated carbocycles. The Balaban J connectivity index is 1.52. The molecule has 0 fully saturated rings. The molecule has 1 aliphatic heterocycles. The van der Waals surface area contributed by atoms with E-state index in [0.717, 1.165) is 45.7 Å². The van der Waals surface area contributed by atoms with Gasteiger partial charge in [0.15, 0.2) is 0 Å². The zero-order valence-electron chi connectivity index (χ0n) is 19.0. The Morgan fingerprint density at radius 1 is 0.706 bits per heavy atom. The van der Waals surface area contributed by atoms with Crippen LogP contribution in [0.5, 0.6) is 11.5 Å². The van der Waals surface area contributed by atoms with Gasteiger partial charge in [0, 0.05) is 23.2 Å². The van der Waals surface area contributed by atoms with Crippen LogP contribution >= 0.6 is 11.6 Å². The smallest absolute Gasteiger partial charge is 0.129 e. The standard InChI is InChI=1S/C29H24ClN3O/c1-19-3-7-21(8-4-19)27-18-29(31-23-11-9-22(30)10-12-23)33-26-16-15-25(17-28(26)32-27)34-24-13-5-20(2)6-14-24/h3-17H,18H2,1-2H3,(H,31,33). The second-order valence-corrected chi connectivity index (χ2v) is 8.79. The van der Waals surface area contributed by atoms with Crippen molar-refractivity contribution in [2.75, 3.05) is 5.32 Å². The van der Waals surface area contributed by atoms with Crippen molar-refractivity contribution in [3.63, 3.8) is 0 Å². The van der Waals surface area contributed by atoms with Crippen LogP contribution in [0, 0.1) is 13.8 Å². The van der Waals surface area contributed by atoms with Crippen LogP contribution in [0.25, 0.3) is 0 Å². The number of benzene rings is 4. The van der Waals surface area contributed by atoms with E-state index in [4.69, 9.17) is 26.3 Å². The molecule has 0 amide bonds. The summed E-state index contributed by atoms with van der Waals surface area (Å²) in [7, 11) is 0. The molecule has 0 bridgehead atoms. The molecule has 0 aromatic heterocycles. The molecule has 0 unspecified atom stereocenters. The minimum atomic E-state index is 0.564. The van der Waals surface area contributed by atoms with E-state index >= 15 is 0 Å². The summed E-state index contributed by atoms with van der Waals surface area (Å²) < 4.78 is 6.08. The molecule has 5 heteroatoms. The van der Waals surface area contributed by atoms with E-state index in [1.165, 1.54) is 11.1 Å². The third-order valence-electron chi connectivity index (χ3n) is 5.57. The van der Waals surface area contributed by atoms with Crippen molar-refractivity contribution < 1.29 is 4.74 Å². The first-order valence-corrected chi connectivity index (χ1v) is 11.5. The molecule has 1 aliphatic rings. The summed E-state index contributed by atoms with van der Waals surface area (Å²) in [5.41, 5.74) is 6.88. The molecule has 4 nitrogen and oxygen atoms in total. The lowest BCUT2D eigenvalue weighted by molar-refractivity contribution is 0.483. The van der Waals surface area contributed by atoms with Gasteiger partial charge >= 0.3 is 0 Å². The molecule has 0 aliphatic carbocycles. The Hall–Kier alpha value is -3.89. The molecular formula is C29H24ClN3O. The Kier molecular flexibility index (Phi) is 6.15. The first-order chi connectivity index (χ1) is 16.5. The van der Waals surface area contributed by atoms with Crippen molar-refractivity contribution in [1.29, 1.82) is 0 Å². The molecule has 34 heavy (non-hydrogen) atoms. The Bertz CT molecular complexity index is 1370. The normalized spacial score (nSPS) is 12.8. The lowest BCUT2D eigenvalue weighted by Gasteiger charge is -2.11. The molecule has 0 spiro atoms. The van der Waals surface area contributed by atoms with Gasteiger partial charge in [0.1, 0.15) is 17.3 Å². The average Bonchev–Trinajstić information content (AvgIpc) is 3.01. The summed E-state index contributed by atoms with van der Waals surface area (Å²) in [6.07, 6.45) is 0.564. The van der Waals surface area contributed by atoms with Gasteiger partial charge < -0.3 is 10.1 Å². The number of amidine groups is 1. The highest BCUT2D eigenvalue weighted by atomic mass is 35.5. The second-order valence-electron chi connectivity index (χ2n) is 8.36. The highest BCUT2D eigenvalue weighted by Gasteiger charge is 2.16. The number of ether oxygens (including phenoxy) is 1. The van der Waals surface area contributed by atoms with Crippen LogP contribution in [-0.4, -0.2) is 11.5 Å². The number of rotatable bonds is 4. The fourth-order valence-corrected chi connectivity index (χ4v) is 3.83. The first kappa shape index (κ1) is 21.9. The summed E-state index contributed by atoms with van der Waals surface area (Å²) in [5, 5.41) is 4.14. The molecule has 4 aromatic carbocycles. The molecule has 0 saturated heterocycles. The van der Waals surface area contributed by atoms with Gasteiger partial charge in [0.25, 0.3) is 0 Å². The van der Waals surface area contributed by atoms with E-state index in [0.29, 0.717) is 11.4 Å². The second kappa shape index (κ2) is 9.54. The summed E-state index contributed by atoms with van der Waals surface area (Å²) in [5.74, 6) is 2.32. The maximum Gasteiger partial charge on any atom is 0.129 e. The van der Waals surface area contributed by atoms with Crippen LogP contribution in [-0.2, 0) is 0 Å². The quantitative estimate of drug-likeness (QED) is 0.328. The third-order valence-corrected chi connectivity index (χ3v) is 5.82. The first-order valence-electron chi connectivity index (χ1n) is 11.2. The van der Waals surface area contributed by atoms with Gasteiger partial charge in [-0.25, -0.2) is 9.98 Å². The molecule has 5 rings (SSSR count). The lowest BCUT2D eigenvalue weighted by Crippen LogP contribution is -2.16. The van der Waals surface area contributed by atoms with Crippen LogP contribution in [0.15, 0.2) is 101 Å². The number of anilines is 1. The number of nitrogens with one attached hydrogen (secondary N) is 1. The van der Waals surface area contributed by atoms with Gasteiger partial charge in [-0.1, -0.05) is 59.1 Å². The topological polar surface area (TPSA) is 46.0 Å². The Labute approximate surface area is 204 Å². The minimum absolute atomic E-state index is 0.564. The minimum Gasteiger partial charge on any atom is -0.457 e. The lowest BCUT2D eigenvalue weighted by atomic mass is 10.0. The third kappa shape index (κ3) is 5.19. The molecule has 4 aromatic rings. The van der Waals surface area contributed by atoms with Crippen molar-refractivity contribution in [2.24, 2.45) is 9.98 Å². The highest BCUT2D eigenvalue weighted by Crippen LogP contribution is 2.37. The number of hydrogen-bond donors (Lipinski definition) is 1. The van der Waals surface area contributed by atoms with Gasteiger partial charge in [0.2, 0.25) is 0 Å². The van der Waals surface area contributed by atoms with Gasteiger partial charge in [-0.15, -0.1) is 0 Å². The summed E-state index contributed by atoms with van der Waals surface area (Å²) in [6.45, 7) is 4.14. The molecule has 168 valence electrons. The predicted molar refractivity (Wildman–Crippen MR) is 142 cm³/mol. The fraction of sp³-hybridized carbons (Fsp3) is 0.103. The summed E-state index contributed by atoms with van der Waals surface area (Å²) in [6, 6.07) is 29.8. The van der Waals surface area contributed by atoms with Crippen LogP contribution in [0.1, 0.15) is 23.1 Å². The molecule has 1 N–H and O–H groups in total. The molecule has 0 atom stereocenters. The van der Waals surface area contributed by atoms with Crippen LogP contribution in [0.3, 0.4) is 0 Å². The van der Waals surface area contributed by atoms with Crippen molar-refractivity contribution in [1.82, 2.24) is 0 Å². The van der Waals surface area contributed by atoms with E-state index < -0.39 is 0 Å². The number of nitrogens with zero attached hydrogens (tertiary/aromatic N) is 2. The van der Waals surface area contributed by atoms with E-state index in [1.54, 1.807) is 0 Å². The highest BCUT2D eigenvalue weighted by molar-refractivity contribution is 6.30. The van der Waals surface area contributed by atoms with E-state index in [2.05, 4.69) is 43.4 Å². The fourth-order valence-electron chi connectivity index (χ4n) is 3.71. The largest absolute Gasteiger partial charge is 0.457 e. The number of fused-ring (bicyclic) bond motifs is 1. The van der Waals surface area contributed by atoms with E-state index in [9.17, 15) is 0 Å². The average molecular weight is 466 g/mol. The van der Waals surface area contributed by atoms with E-state index in [1.807, 2.05) is 66.7 Å². The van der Waals surface area contributed by atoms with Crippen LogP contribution in [0.4, 0.5) is 17.1 Å². The van der Waals surface area contributed by atoms with Gasteiger partial charge in [-0.2, -0.15) is 0 Å². The van der Waals surface area contributed by atoms with Crippen molar-refractivity contribution in [2.45, 2.75) is 20.3 Å². The predicted octanol–water partition coefficient (Wildman–Crippen LogP) is 8.42. The number of aryl methyl sites for hydroxylation is 2. The molecule has 1 heterocycles. The van der Waals surface area contributed by atoms with Crippen molar-refractivity contribution in [3.05, 3.63) is 113 Å². The zero-order valence-corrected chi connectivity index (χ0v) is 19.8. The monoisotopic (exact) mass is 465 g/mol. The molecule has 0 radical (unpaired) electrons. The van der Waals surface area contributed by atoms with Crippen molar-refractivity contribution in [3.8, 4) is 11.5 Å². The SMILES string of the molecule is Cc1ccc(Oc2ccc3c(c2)N=C(c2ccc(C)cc2)CC(Nc2ccc(Cl)cc2)=N3)cc1. The number of hydrogen-bond acceptors (Lipinski definition) is 4. The summed E-state index contributed by atoms with van der Waals surface area (Å²) >= 11 is 6.05. The van der Waals surface area contributed by atoms with Gasteiger partial charge in [-0.3, -0.25) is 0 Å². The number of aliphatic imine (C=N–C) groups is 2. The number of halogens is 1. The van der Waals surface area contributed by atoms with Crippen LogP contribution in [0.2, 0.25) is 5.02 Å². The van der Waals surface area contributed by atoms with Crippen molar-refractivity contribution >= 4 is 40.2 Å². The molecular weight excluding hydrogens is 442 g/mol. The maximum absolute atomic E-state index is 6.08. The summed E-state index contributed by atoms with van der Waals surface area (Å²) in [4.78, 5) is 9.93. The Morgan fingerprint density at radius 2 is 1.35 bits per heavy atom.